The van der Waals surface area contributed by atoms with Crippen molar-refractivity contribution in [3.05, 3.63) is 45.9 Å². The summed E-state index contributed by atoms with van der Waals surface area (Å²) in [6.07, 6.45) is 2.48. The SMILES string of the molecule is Cc1cnc(C(C)NC2CCS(=O)(=O)c3ccccc32)s1. The molecule has 1 aromatic heterocycles. The first-order chi connectivity index (χ1) is 9.97. The molecule has 0 saturated carbocycles. The second kappa shape index (κ2) is 5.51. The van der Waals surface area contributed by atoms with Crippen LogP contribution >= 0.6 is 11.3 Å². The molecule has 3 rings (SSSR count). The van der Waals surface area contributed by atoms with Crippen LogP contribution in [0, 0.1) is 6.92 Å². The van der Waals surface area contributed by atoms with E-state index in [-0.39, 0.29) is 17.8 Å². The zero-order valence-electron chi connectivity index (χ0n) is 12.0. The van der Waals surface area contributed by atoms with E-state index in [1.165, 1.54) is 4.88 Å². The molecule has 0 saturated heterocycles. The zero-order chi connectivity index (χ0) is 15.0. The second-order valence-electron chi connectivity index (χ2n) is 5.40. The summed E-state index contributed by atoms with van der Waals surface area (Å²) in [5, 5.41) is 4.57. The van der Waals surface area contributed by atoms with Gasteiger partial charge in [0.2, 0.25) is 0 Å². The monoisotopic (exact) mass is 322 g/mol. The standard InChI is InChI=1S/C15H18N2O2S2/c1-10-9-16-15(20-10)11(2)17-13-7-8-21(18,19)14-6-4-3-5-12(13)14/h3-6,9,11,13,17H,7-8H2,1-2H3. The number of aryl methyl sites for hydroxylation is 1. The number of nitrogens with one attached hydrogen (secondary N) is 1. The number of benzene rings is 1. The highest BCUT2D eigenvalue weighted by atomic mass is 32.2. The van der Waals surface area contributed by atoms with Crippen LogP contribution in [0.3, 0.4) is 0 Å². The van der Waals surface area contributed by atoms with Gasteiger partial charge in [-0.1, -0.05) is 18.2 Å². The van der Waals surface area contributed by atoms with Crippen molar-refractivity contribution in [1.82, 2.24) is 10.3 Å². The summed E-state index contributed by atoms with van der Waals surface area (Å²) < 4.78 is 24.3. The van der Waals surface area contributed by atoms with Gasteiger partial charge in [-0.25, -0.2) is 13.4 Å². The minimum Gasteiger partial charge on any atom is -0.301 e. The fraction of sp³-hybridized carbons (Fsp3) is 0.400. The summed E-state index contributed by atoms with van der Waals surface area (Å²) >= 11 is 1.67. The molecule has 4 nitrogen and oxygen atoms in total. The largest absolute Gasteiger partial charge is 0.301 e. The van der Waals surface area contributed by atoms with E-state index in [9.17, 15) is 8.42 Å². The summed E-state index contributed by atoms with van der Waals surface area (Å²) in [4.78, 5) is 6.06. The maximum atomic E-state index is 12.1. The number of nitrogens with zero attached hydrogens (tertiary/aromatic N) is 1. The van der Waals surface area contributed by atoms with Crippen LogP contribution in [0.5, 0.6) is 0 Å². The highest BCUT2D eigenvalue weighted by molar-refractivity contribution is 7.91. The minimum atomic E-state index is -3.12. The van der Waals surface area contributed by atoms with E-state index in [1.54, 1.807) is 23.5 Å². The number of hydrogen-bond donors (Lipinski definition) is 1. The first-order valence-corrected chi connectivity index (χ1v) is 9.44. The number of sulfone groups is 1. The Morgan fingerprint density at radius 3 is 2.86 bits per heavy atom. The van der Waals surface area contributed by atoms with Crippen LogP contribution in [0.1, 0.15) is 40.9 Å². The lowest BCUT2D eigenvalue weighted by Crippen LogP contribution is -2.31. The van der Waals surface area contributed by atoms with Gasteiger partial charge < -0.3 is 5.32 Å². The minimum absolute atomic E-state index is 0.0592. The molecule has 0 radical (unpaired) electrons. The van der Waals surface area contributed by atoms with E-state index in [1.807, 2.05) is 25.3 Å². The quantitative estimate of drug-likeness (QED) is 0.943. The van der Waals surface area contributed by atoms with Gasteiger partial charge in [0.25, 0.3) is 0 Å². The molecular formula is C15H18N2O2S2. The Morgan fingerprint density at radius 1 is 1.38 bits per heavy atom. The third-order valence-electron chi connectivity index (χ3n) is 3.77. The van der Waals surface area contributed by atoms with Gasteiger partial charge in [0.1, 0.15) is 5.01 Å². The molecule has 0 bridgehead atoms. The predicted octanol–water partition coefficient (Wildman–Crippen LogP) is 3.02. The maximum Gasteiger partial charge on any atom is 0.178 e. The van der Waals surface area contributed by atoms with Gasteiger partial charge in [-0.3, -0.25) is 0 Å². The Labute approximate surface area is 129 Å². The van der Waals surface area contributed by atoms with Crippen LogP contribution in [-0.4, -0.2) is 19.2 Å². The Balaban J connectivity index is 1.87. The summed E-state index contributed by atoms with van der Waals surface area (Å²) in [6, 6.07) is 7.46. The Hall–Kier alpha value is -1.24. The van der Waals surface area contributed by atoms with Crippen molar-refractivity contribution in [1.29, 1.82) is 0 Å². The number of fused-ring (bicyclic) bond motifs is 1. The molecule has 2 atom stereocenters. The van der Waals surface area contributed by atoms with E-state index in [0.29, 0.717) is 11.3 Å². The average molecular weight is 322 g/mol. The Bertz CT molecular complexity index is 753. The summed E-state index contributed by atoms with van der Waals surface area (Å²) in [7, 11) is -3.12. The van der Waals surface area contributed by atoms with Crippen LogP contribution < -0.4 is 5.32 Å². The highest BCUT2D eigenvalue weighted by Gasteiger charge is 2.30. The predicted molar refractivity (Wildman–Crippen MR) is 84.3 cm³/mol. The maximum absolute atomic E-state index is 12.1. The molecule has 0 fully saturated rings. The molecule has 112 valence electrons. The molecule has 0 spiro atoms. The molecule has 6 heteroatoms. The normalized spacial score (nSPS) is 21.7. The van der Waals surface area contributed by atoms with E-state index in [2.05, 4.69) is 17.2 Å². The Kier molecular flexibility index (Phi) is 3.86. The van der Waals surface area contributed by atoms with Crippen molar-refractivity contribution in [2.45, 2.75) is 37.2 Å². The topological polar surface area (TPSA) is 59.1 Å². The van der Waals surface area contributed by atoms with Crippen molar-refractivity contribution >= 4 is 21.2 Å². The van der Waals surface area contributed by atoms with E-state index in [0.717, 1.165) is 10.6 Å². The lowest BCUT2D eigenvalue weighted by atomic mass is 10.0. The van der Waals surface area contributed by atoms with Crippen LogP contribution in [0.4, 0.5) is 0 Å². The average Bonchev–Trinajstić information content (AvgIpc) is 2.89. The van der Waals surface area contributed by atoms with Crippen LogP contribution in [0.15, 0.2) is 35.4 Å². The zero-order valence-corrected chi connectivity index (χ0v) is 13.7. The molecule has 2 heterocycles. The molecular weight excluding hydrogens is 304 g/mol. The van der Waals surface area contributed by atoms with Gasteiger partial charge in [-0.05, 0) is 31.9 Å². The third kappa shape index (κ3) is 2.88. The van der Waals surface area contributed by atoms with Crippen molar-refractivity contribution in [3.63, 3.8) is 0 Å². The van der Waals surface area contributed by atoms with Crippen molar-refractivity contribution < 1.29 is 8.42 Å². The van der Waals surface area contributed by atoms with Crippen molar-refractivity contribution in [3.8, 4) is 0 Å². The molecule has 1 aliphatic rings. The van der Waals surface area contributed by atoms with Crippen LogP contribution in [-0.2, 0) is 9.84 Å². The molecule has 2 aromatic rings. The summed E-state index contributed by atoms with van der Waals surface area (Å²) in [5.41, 5.74) is 0.879. The van der Waals surface area contributed by atoms with E-state index >= 15 is 0 Å². The number of thiazole rings is 1. The van der Waals surface area contributed by atoms with Gasteiger partial charge >= 0.3 is 0 Å². The summed E-state index contributed by atoms with van der Waals surface area (Å²) in [6.45, 7) is 4.11. The lowest BCUT2D eigenvalue weighted by Gasteiger charge is -2.28. The van der Waals surface area contributed by atoms with Gasteiger partial charge in [0.15, 0.2) is 9.84 Å². The molecule has 21 heavy (non-hydrogen) atoms. The lowest BCUT2D eigenvalue weighted by molar-refractivity contribution is 0.440. The molecule has 1 N–H and O–H groups in total. The van der Waals surface area contributed by atoms with E-state index < -0.39 is 9.84 Å². The van der Waals surface area contributed by atoms with Gasteiger partial charge in [-0.15, -0.1) is 11.3 Å². The van der Waals surface area contributed by atoms with Crippen LogP contribution in [0.2, 0.25) is 0 Å². The Morgan fingerprint density at radius 2 is 2.14 bits per heavy atom. The van der Waals surface area contributed by atoms with Crippen LogP contribution in [0.25, 0.3) is 0 Å². The molecule has 1 aromatic carbocycles. The third-order valence-corrected chi connectivity index (χ3v) is 6.68. The highest BCUT2D eigenvalue weighted by Crippen LogP contribution is 2.33. The number of aromatic nitrogens is 1. The smallest absolute Gasteiger partial charge is 0.178 e. The fourth-order valence-electron chi connectivity index (χ4n) is 2.71. The summed E-state index contributed by atoms with van der Waals surface area (Å²) in [5.74, 6) is 0.200. The molecule has 0 aliphatic carbocycles. The first kappa shape index (κ1) is 14.7. The number of rotatable bonds is 3. The fourth-order valence-corrected chi connectivity index (χ4v) is 5.12. The molecule has 1 aliphatic heterocycles. The van der Waals surface area contributed by atoms with Gasteiger partial charge in [-0.2, -0.15) is 0 Å². The first-order valence-electron chi connectivity index (χ1n) is 6.97. The number of hydrogen-bond acceptors (Lipinski definition) is 5. The second-order valence-corrected chi connectivity index (χ2v) is 8.74. The van der Waals surface area contributed by atoms with Crippen molar-refractivity contribution in [2.75, 3.05) is 5.75 Å². The van der Waals surface area contributed by atoms with Gasteiger partial charge in [0.05, 0.1) is 16.7 Å². The molecule has 2 unspecified atom stereocenters. The molecule has 0 amide bonds. The van der Waals surface area contributed by atoms with E-state index in [4.69, 9.17) is 0 Å². The van der Waals surface area contributed by atoms with Gasteiger partial charge in [0, 0.05) is 17.1 Å². The van der Waals surface area contributed by atoms with Crippen molar-refractivity contribution in [2.24, 2.45) is 0 Å².